The number of rotatable bonds is 4. The number of nitrogens with two attached hydrogens (primary N) is 1. The molecule has 21 heavy (non-hydrogen) atoms. The number of carbonyl (C=O) groups excluding carboxylic acids is 1. The van der Waals surface area contributed by atoms with Gasteiger partial charge in [0.25, 0.3) is 0 Å². The highest BCUT2D eigenvalue weighted by Crippen LogP contribution is 2.26. The van der Waals surface area contributed by atoms with Gasteiger partial charge in [-0.15, -0.1) is 0 Å². The Balaban J connectivity index is 2.13. The van der Waals surface area contributed by atoms with Crippen LogP contribution in [-0.2, 0) is 11.2 Å². The number of halogens is 1. The van der Waals surface area contributed by atoms with Crippen molar-refractivity contribution in [2.45, 2.75) is 19.4 Å². The van der Waals surface area contributed by atoms with Crippen molar-refractivity contribution in [1.82, 2.24) is 4.90 Å². The van der Waals surface area contributed by atoms with E-state index in [2.05, 4.69) is 0 Å². The summed E-state index contributed by atoms with van der Waals surface area (Å²) in [5.74, 6) is 0.0142. The summed E-state index contributed by atoms with van der Waals surface area (Å²) in [5.41, 5.74) is 8.32. The second kappa shape index (κ2) is 6.64. The highest BCUT2D eigenvalue weighted by atomic mass is 35.5. The Morgan fingerprint density at radius 2 is 1.81 bits per heavy atom. The van der Waals surface area contributed by atoms with Crippen LogP contribution in [0.3, 0.4) is 0 Å². The lowest BCUT2D eigenvalue weighted by molar-refractivity contribution is -0.131. The Morgan fingerprint density at radius 3 is 2.48 bits per heavy atom. The molecule has 0 fully saturated rings. The van der Waals surface area contributed by atoms with Crippen molar-refractivity contribution in [3.63, 3.8) is 0 Å². The van der Waals surface area contributed by atoms with Crippen molar-refractivity contribution in [3.8, 4) is 0 Å². The zero-order valence-corrected chi connectivity index (χ0v) is 13.0. The number of nitrogen functional groups attached to an aromatic ring is 1. The van der Waals surface area contributed by atoms with Crippen molar-refractivity contribution < 1.29 is 4.79 Å². The lowest BCUT2D eigenvalue weighted by atomic mass is 10.1. The Labute approximate surface area is 130 Å². The molecular weight excluding hydrogens is 284 g/mol. The van der Waals surface area contributed by atoms with Crippen molar-refractivity contribution in [3.05, 3.63) is 64.7 Å². The maximum absolute atomic E-state index is 12.4. The third-order valence-corrected chi connectivity index (χ3v) is 4.07. The number of carbonyl (C=O) groups is 1. The monoisotopic (exact) mass is 302 g/mol. The Bertz CT molecular complexity index is 642. The number of hydrogen-bond acceptors (Lipinski definition) is 2. The first kappa shape index (κ1) is 15.4. The molecule has 3 nitrogen and oxygen atoms in total. The van der Waals surface area contributed by atoms with E-state index in [1.807, 2.05) is 49.4 Å². The standard InChI is InChI=1S/C17H19ClN2O/c1-12(14-8-4-5-9-15(14)18)20(2)17(21)11-13-7-3-6-10-16(13)19/h3-10,12H,11,19H2,1-2H3. The first-order valence-corrected chi connectivity index (χ1v) is 7.22. The maximum Gasteiger partial charge on any atom is 0.227 e. The highest BCUT2D eigenvalue weighted by molar-refractivity contribution is 6.31. The molecule has 1 amide bonds. The smallest absolute Gasteiger partial charge is 0.227 e. The number of hydrogen-bond donors (Lipinski definition) is 1. The maximum atomic E-state index is 12.4. The van der Waals surface area contributed by atoms with Gasteiger partial charge in [-0.25, -0.2) is 0 Å². The number of anilines is 1. The molecule has 0 aliphatic heterocycles. The molecule has 2 aromatic carbocycles. The van der Waals surface area contributed by atoms with Gasteiger partial charge in [-0.3, -0.25) is 4.79 Å². The summed E-state index contributed by atoms with van der Waals surface area (Å²) in [6, 6.07) is 14.9. The van der Waals surface area contributed by atoms with E-state index in [4.69, 9.17) is 17.3 Å². The van der Waals surface area contributed by atoms with Gasteiger partial charge in [-0.1, -0.05) is 48.0 Å². The van der Waals surface area contributed by atoms with Gasteiger partial charge in [0.15, 0.2) is 0 Å². The van der Waals surface area contributed by atoms with E-state index in [0.717, 1.165) is 11.1 Å². The average Bonchev–Trinajstić information content (AvgIpc) is 2.48. The Kier molecular flexibility index (Phi) is 4.86. The third-order valence-electron chi connectivity index (χ3n) is 3.73. The minimum atomic E-state index is -0.0869. The van der Waals surface area contributed by atoms with Crippen LogP contribution in [0.15, 0.2) is 48.5 Å². The summed E-state index contributed by atoms with van der Waals surface area (Å²) in [6.45, 7) is 1.97. The summed E-state index contributed by atoms with van der Waals surface area (Å²) >= 11 is 6.20. The van der Waals surface area contributed by atoms with Gasteiger partial charge in [0.1, 0.15) is 0 Å². The fourth-order valence-electron chi connectivity index (χ4n) is 2.22. The van der Waals surface area contributed by atoms with E-state index in [-0.39, 0.29) is 18.4 Å². The van der Waals surface area contributed by atoms with Crippen LogP contribution in [0.2, 0.25) is 5.02 Å². The van der Waals surface area contributed by atoms with Crippen LogP contribution in [0.5, 0.6) is 0 Å². The van der Waals surface area contributed by atoms with Crippen molar-refractivity contribution in [2.75, 3.05) is 12.8 Å². The molecule has 0 aromatic heterocycles. The molecule has 2 rings (SSSR count). The van der Waals surface area contributed by atoms with Crippen molar-refractivity contribution >= 4 is 23.2 Å². The van der Waals surface area contributed by atoms with Crippen LogP contribution in [0, 0.1) is 0 Å². The molecule has 0 saturated carbocycles. The van der Waals surface area contributed by atoms with Crippen LogP contribution >= 0.6 is 11.6 Å². The molecule has 0 aliphatic rings. The quantitative estimate of drug-likeness (QED) is 0.876. The summed E-state index contributed by atoms with van der Waals surface area (Å²) in [6.07, 6.45) is 0.290. The Hall–Kier alpha value is -2.00. The van der Waals surface area contributed by atoms with Crippen molar-refractivity contribution in [1.29, 1.82) is 0 Å². The van der Waals surface area contributed by atoms with Gasteiger partial charge in [-0.2, -0.15) is 0 Å². The summed E-state index contributed by atoms with van der Waals surface area (Å²) in [5, 5.41) is 0.670. The normalized spacial score (nSPS) is 12.0. The van der Waals surface area contributed by atoms with Gasteiger partial charge in [-0.05, 0) is 30.2 Å². The summed E-state index contributed by atoms with van der Waals surface area (Å²) < 4.78 is 0. The van der Waals surface area contributed by atoms with Crippen LogP contribution in [-0.4, -0.2) is 17.9 Å². The zero-order chi connectivity index (χ0) is 15.4. The number of nitrogens with zero attached hydrogens (tertiary/aromatic N) is 1. The second-order valence-corrected chi connectivity index (χ2v) is 5.48. The van der Waals surface area contributed by atoms with Gasteiger partial charge < -0.3 is 10.6 Å². The van der Waals surface area contributed by atoms with Crippen LogP contribution < -0.4 is 5.73 Å². The fraction of sp³-hybridized carbons (Fsp3) is 0.235. The first-order valence-electron chi connectivity index (χ1n) is 6.84. The van der Waals surface area contributed by atoms with Crippen LogP contribution in [0.1, 0.15) is 24.1 Å². The van der Waals surface area contributed by atoms with E-state index in [1.54, 1.807) is 18.0 Å². The molecule has 0 heterocycles. The highest BCUT2D eigenvalue weighted by Gasteiger charge is 2.19. The molecule has 1 atom stereocenters. The van der Waals surface area contributed by atoms with E-state index in [0.29, 0.717) is 10.7 Å². The van der Waals surface area contributed by atoms with Crippen LogP contribution in [0.4, 0.5) is 5.69 Å². The second-order valence-electron chi connectivity index (χ2n) is 5.08. The minimum absolute atomic E-state index is 0.0142. The molecule has 2 N–H and O–H groups in total. The lowest BCUT2D eigenvalue weighted by Gasteiger charge is -2.26. The topological polar surface area (TPSA) is 46.3 Å². The predicted octanol–water partition coefficient (Wildman–Crippen LogP) is 3.68. The van der Waals surface area contributed by atoms with Gasteiger partial charge in [0, 0.05) is 17.8 Å². The molecular formula is C17H19ClN2O. The molecule has 0 aliphatic carbocycles. The minimum Gasteiger partial charge on any atom is -0.398 e. The Morgan fingerprint density at radius 1 is 1.19 bits per heavy atom. The largest absolute Gasteiger partial charge is 0.398 e. The van der Waals surface area contributed by atoms with Gasteiger partial charge in [0.2, 0.25) is 5.91 Å². The summed E-state index contributed by atoms with van der Waals surface area (Å²) in [4.78, 5) is 14.1. The molecule has 0 spiro atoms. The number of likely N-dealkylation sites (N-methyl/N-ethyl adjacent to an activating group) is 1. The molecule has 110 valence electrons. The average molecular weight is 303 g/mol. The van der Waals surface area contributed by atoms with E-state index in [9.17, 15) is 4.79 Å². The number of benzene rings is 2. The first-order chi connectivity index (χ1) is 10.0. The number of para-hydroxylation sites is 1. The molecule has 0 radical (unpaired) electrons. The lowest BCUT2D eigenvalue weighted by Crippen LogP contribution is -2.31. The molecule has 0 bridgehead atoms. The fourth-order valence-corrected chi connectivity index (χ4v) is 2.51. The molecule has 1 unspecified atom stereocenters. The van der Waals surface area contributed by atoms with Gasteiger partial charge >= 0.3 is 0 Å². The van der Waals surface area contributed by atoms with E-state index in [1.165, 1.54) is 0 Å². The summed E-state index contributed by atoms with van der Waals surface area (Å²) in [7, 11) is 1.79. The van der Waals surface area contributed by atoms with E-state index < -0.39 is 0 Å². The predicted molar refractivity (Wildman–Crippen MR) is 87.2 cm³/mol. The zero-order valence-electron chi connectivity index (χ0n) is 12.2. The molecule has 0 saturated heterocycles. The number of amides is 1. The molecule has 2 aromatic rings. The third kappa shape index (κ3) is 3.56. The van der Waals surface area contributed by atoms with Crippen LogP contribution in [0.25, 0.3) is 0 Å². The van der Waals surface area contributed by atoms with Gasteiger partial charge in [0.05, 0.1) is 12.5 Å². The SMILES string of the molecule is CC(c1ccccc1Cl)N(C)C(=O)Cc1ccccc1N. The van der Waals surface area contributed by atoms with E-state index >= 15 is 0 Å². The van der Waals surface area contributed by atoms with Crippen molar-refractivity contribution in [2.24, 2.45) is 0 Å². The molecule has 4 heteroatoms.